The van der Waals surface area contributed by atoms with Crippen molar-refractivity contribution in [3.63, 3.8) is 0 Å². The molecule has 0 bridgehead atoms. The average Bonchev–Trinajstić information content (AvgIpc) is 3.08. The molecule has 0 saturated heterocycles. The van der Waals surface area contributed by atoms with Crippen LogP contribution in [0.25, 0.3) is 15.9 Å². The third kappa shape index (κ3) is 1.73. The van der Waals surface area contributed by atoms with Crippen LogP contribution in [0.15, 0.2) is 53.2 Å². The fourth-order valence-electron chi connectivity index (χ4n) is 2.24. The SMILES string of the molecule is O=c1c2ccsc2ncn1Cc1cn2ccccc2n1. The smallest absolute Gasteiger partial charge is 0.262 e. The fourth-order valence-corrected chi connectivity index (χ4v) is 2.97. The summed E-state index contributed by atoms with van der Waals surface area (Å²) in [5.74, 6) is 0. The lowest BCUT2D eigenvalue weighted by atomic mass is 10.4. The molecule has 0 fully saturated rings. The molecule has 0 N–H and O–H groups in total. The fraction of sp³-hybridized carbons (Fsp3) is 0.0714. The van der Waals surface area contributed by atoms with Gasteiger partial charge in [0.15, 0.2) is 0 Å². The topological polar surface area (TPSA) is 52.2 Å². The molecule has 4 heterocycles. The molecular weight excluding hydrogens is 272 g/mol. The quantitative estimate of drug-likeness (QED) is 0.566. The van der Waals surface area contributed by atoms with E-state index in [2.05, 4.69) is 9.97 Å². The zero-order valence-electron chi connectivity index (χ0n) is 10.4. The molecule has 0 aliphatic rings. The van der Waals surface area contributed by atoms with Gasteiger partial charge in [-0.25, -0.2) is 9.97 Å². The second-order valence-corrected chi connectivity index (χ2v) is 5.41. The normalized spacial score (nSPS) is 11.4. The number of nitrogens with zero attached hydrogens (tertiary/aromatic N) is 4. The van der Waals surface area contributed by atoms with Crippen molar-refractivity contribution in [3.8, 4) is 0 Å². The first kappa shape index (κ1) is 11.4. The van der Waals surface area contributed by atoms with Gasteiger partial charge >= 0.3 is 0 Å². The summed E-state index contributed by atoms with van der Waals surface area (Å²) in [6.07, 6.45) is 5.46. The van der Waals surface area contributed by atoms with Gasteiger partial charge in [-0.15, -0.1) is 11.3 Å². The van der Waals surface area contributed by atoms with Gasteiger partial charge in [0.05, 0.1) is 24.0 Å². The summed E-state index contributed by atoms with van der Waals surface area (Å²) in [6, 6.07) is 7.64. The van der Waals surface area contributed by atoms with Crippen LogP contribution in [0.5, 0.6) is 0 Å². The van der Waals surface area contributed by atoms with Crippen LogP contribution in [0.3, 0.4) is 0 Å². The van der Waals surface area contributed by atoms with Crippen molar-refractivity contribution >= 4 is 27.2 Å². The molecule has 0 atom stereocenters. The highest BCUT2D eigenvalue weighted by Crippen LogP contribution is 2.13. The van der Waals surface area contributed by atoms with E-state index in [0.717, 1.165) is 16.2 Å². The number of rotatable bonds is 2. The van der Waals surface area contributed by atoms with E-state index < -0.39 is 0 Å². The molecule has 98 valence electrons. The second kappa shape index (κ2) is 4.28. The number of hydrogen-bond donors (Lipinski definition) is 0. The van der Waals surface area contributed by atoms with Gasteiger partial charge in [0.2, 0.25) is 0 Å². The van der Waals surface area contributed by atoms with E-state index in [1.807, 2.05) is 46.4 Å². The van der Waals surface area contributed by atoms with E-state index in [-0.39, 0.29) is 5.56 Å². The zero-order chi connectivity index (χ0) is 13.5. The van der Waals surface area contributed by atoms with Crippen LogP contribution in [0.4, 0.5) is 0 Å². The Morgan fingerprint density at radius 1 is 1.25 bits per heavy atom. The lowest BCUT2D eigenvalue weighted by molar-refractivity contribution is 0.735. The van der Waals surface area contributed by atoms with Gasteiger partial charge in [-0.05, 0) is 23.6 Å². The van der Waals surface area contributed by atoms with Crippen LogP contribution < -0.4 is 5.56 Å². The highest BCUT2D eigenvalue weighted by Gasteiger charge is 2.07. The standard InChI is InChI=1S/C14H10N4OS/c19-14-11-4-6-20-13(11)15-9-18(14)8-10-7-17-5-2-1-3-12(17)16-10/h1-7,9H,8H2. The molecule has 0 radical (unpaired) electrons. The number of aromatic nitrogens is 4. The predicted molar refractivity (Wildman–Crippen MR) is 78.2 cm³/mol. The van der Waals surface area contributed by atoms with Crippen molar-refractivity contribution in [3.05, 3.63) is 64.4 Å². The van der Waals surface area contributed by atoms with Crippen LogP contribution >= 0.6 is 11.3 Å². The summed E-state index contributed by atoms with van der Waals surface area (Å²) >= 11 is 1.48. The minimum absolute atomic E-state index is 0.0201. The maximum absolute atomic E-state index is 12.3. The van der Waals surface area contributed by atoms with E-state index >= 15 is 0 Å². The Kier molecular flexibility index (Phi) is 2.43. The number of pyridine rings is 1. The minimum Gasteiger partial charge on any atom is -0.307 e. The van der Waals surface area contributed by atoms with Crippen molar-refractivity contribution in [2.45, 2.75) is 6.54 Å². The monoisotopic (exact) mass is 282 g/mol. The lowest BCUT2D eigenvalue weighted by Gasteiger charge is -2.01. The Morgan fingerprint density at radius 3 is 3.10 bits per heavy atom. The van der Waals surface area contributed by atoms with E-state index in [1.54, 1.807) is 10.9 Å². The Hall–Kier alpha value is -2.47. The molecule has 0 aliphatic heterocycles. The molecule has 0 saturated carbocycles. The molecule has 6 heteroatoms. The Labute approximate surface area is 117 Å². The maximum atomic E-state index is 12.3. The number of hydrogen-bond acceptors (Lipinski definition) is 4. The molecule has 0 amide bonds. The van der Waals surface area contributed by atoms with E-state index in [9.17, 15) is 4.79 Å². The highest BCUT2D eigenvalue weighted by molar-refractivity contribution is 7.16. The van der Waals surface area contributed by atoms with Gasteiger partial charge in [0, 0.05) is 12.4 Å². The van der Waals surface area contributed by atoms with Gasteiger partial charge in [-0.2, -0.15) is 0 Å². The van der Waals surface area contributed by atoms with Crippen LogP contribution in [-0.2, 0) is 6.54 Å². The van der Waals surface area contributed by atoms with Crippen molar-refractivity contribution in [1.29, 1.82) is 0 Å². The van der Waals surface area contributed by atoms with Gasteiger partial charge in [-0.3, -0.25) is 9.36 Å². The lowest BCUT2D eigenvalue weighted by Crippen LogP contribution is -2.20. The van der Waals surface area contributed by atoms with Crippen molar-refractivity contribution in [1.82, 2.24) is 18.9 Å². The van der Waals surface area contributed by atoms with Gasteiger partial charge in [0.1, 0.15) is 10.5 Å². The van der Waals surface area contributed by atoms with Crippen molar-refractivity contribution in [2.75, 3.05) is 0 Å². The summed E-state index contributed by atoms with van der Waals surface area (Å²) < 4.78 is 3.54. The minimum atomic E-state index is -0.0201. The molecule has 5 nitrogen and oxygen atoms in total. The first-order valence-electron chi connectivity index (χ1n) is 6.16. The van der Waals surface area contributed by atoms with E-state index in [4.69, 9.17) is 0 Å². The van der Waals surface area contributed by atoms with Crippen molar-refractivity contribution in [2.24, 2.45) is 0 Å². The van der Waals surface area contributed by atoms with Crippen molar-refractivity contribution < 1.29 is 0 Å². The summed E-state index contributed by atoms with van der Waals surface area (Å²) in [4.78, 5) is 21.9. The number of fused-ring (bicyclic) bond motifs is 2. The molecule has 4 aromatic rings. The highest BCUT2D eigenvalue weighted by atomic mass is 32.1. The molecule has 0 aromatic carbocycles. The van der Waals surface area contributed by atoms with E-state index in [1.165, 1.54) is 11.3 Å². The van der Waals surface area contributed by atoms with Crippen LogP contribution in [0, 0.1) is 0 Å². The second-order valence-electron chi connectivity index (χ2n) is 4.52. The third-order valence-electron chi connectivity index (χ3n) is 3.20. The average molecular weight is 282 g/mol. The first-order valence-corrected chi connectivity index (χ1v) is 7.04. The van der Waals surface area contributed by atoms with Gasteiger partial charge in [0.25, 0.3) is 5.56 Å². The Balaban J connectivity index is 1.80. The largest absolute Gasteiger partial charge is 0.307 e. The molecule has 0 aliphatic carbocycles. The third-order valence-corrected chi connectivity index (χ3v) is 4.02. The molecular formula is C14H10N4OS. The molecule has 0 unspecified atom stereocenters. The van der Waals surface area contributed by atoms with Crippen LogP contribution in [0.1, 0.15) is 5.69 Å². The molecule has 4 rings (SSSR count). The van der Waals surface area contributed by atoms with Crippen LogP contribution in [0.2, 0.25) is 0 Å². The summed E-state index contributed by atoms with van der Waals surface area (Å²) in [6.45, 7) is 0.430. The van der Waals surface area contributed by atoms with E-state index in [0.29, 0.717) is 11.9 Å². The van der Waals surface area contributed by atoms with Gasteiger partial charge in [-0.1, -0.05) is 6.07 Å². The summed E-state index contributed by atoms with van der Waals surface area (Å²) in [5.41, 5.74) is 1.70. The predicted octanol–water partition coefficient (Wildman–Crippen LogP) is 2.15. The molecule has 20 heavy (non-hydrogen) atoms. The van der Waals surface area contributed by atoms with Gasteiger partial charge < -0.3 is 4.40 Å². The maximum Gasteiger partial charge on any atom is 0.262 e. The van der Waals surface area contributed by atoms with Crippen LogP contribution in [-0.4, -0.2) is 18.9 Å². The summed E-state index contributed by atoms with van der Waals surface area (Å²) in [7, 11) is 0. The first-order chi connectivity index (χ1) is 9.81. The number of thiophene rings is 1. The zero-order valence-corrected chi connectivity index (χ0v) is 11.2. The summed E-state index contributed by atoms with van der Waals surface area (Å²) in [5, 5.41) is 2.55. The Bertz CT molecular complexity index is 933. The number of imidazole rings is 1. The Morgan fingerprint density at radius 2 is 2.20 bits per heavy atom. The molecule has 0 spiro atoms. The molecule has 4 aromatic heterocycles.